The van der Waals surface area contributed by atoms with Crippen LogP contribution in [-0.2, 0) is 9.53 Å². The van der Waals surface area contributed by atoms with Crippen LogP contribution in [0.5, 0.6) is 0 Å². The van der Waals surface area contributed by atoms with Gasteiger partial charge in [-0.1, -0.05) is 44.8 Å². The fourth-order valence-corrected chi connectivity index (χ4v) is 2.02. The molecule has 2 nitrogen and oxygen atoms in total. The van der Waals surface area contributed by atoms with Gasteiger partial charge in [0.1, 0.15) is 0 Å². The molecule has 0 aliphatic carbocycles. The summed E-state index contributed by atoms with van der Waals surface area (Å²) in [5, 5.41) is 0. The number of unbranched alkanes of at least 4 members (excludes halogenated alkanes) is 8. The molecule has 0 saturated carbocycles. The average molecular weight is 292 g/mol. The summed E-state index contributed by atoms with van der Waals surface area (Å²) >= 11 is 0. The lowest BCUT2D eigenvalue weighted by Crippen LogP contribution is -1.98. The zero-order chi connectivity index (χ0) is 15.6. The summed E-state index contributed by atoms with van der Waals surface area (Å²) < 4.78 is 4.61. The number of esters is 1. The van der Waals surface area contributed by atoms with Gasteiger partial charge in [-0.25, -0.2) is 0 Å². The van der Waals surface area contributed by atoms with Gasteiger partial charge in [0, 0.05) is 19.3 Å². The Morgan fingerprint density at radius 3 is 2.38 bits per heavy atom. The molecule has 0 aromatic carbocycles. The molecule has 0 fully saturated rings. The van der Waals surface area contributed by atoms with Crippen LogP contribution in [0.1, 0.15) is 84.0 Å². The van der Waals surface area contributed by atoms with Crippen LogP contribution in [-0.4, -0.2) is 13.1 Å². The molecule has 0 heterocycles. The molecule has 0 aliphatic heterocycles. The van der Waals surface area contributed by atoms with Gasteiger partial charge >= 0.3 is 5.97 Å². The normalized spacial score (nSPS) is 10.4. The van der Waals surface area contributed by atoms with E-state index >= 15 is 0 Å². The Balaban J connectivity index is 3.24. The molecular weight excluding hydrogens is 260 g/mol. The lowest BCUT2D eigenvalue weighted by molar-refractivity contribution is -0.140. The van der Waals surface area contributed by atoms with E-state index in [0.717, 1.165) is 38.5 Å². The Morgan fingerprint density at radius 1 is 0.905 bits per heavy atom. The minimum Gasteiger partial charge on any atom is -0.469 e. The Labute approximate surface area is 131 Å². The Morgan fingerprint density at radius 2 is 1.62 bits per heavy atom. The number of hydrogen-bond donors (Lipinski definition) is 0. The Kier molecular flexibility index (Phi) is 15.8. The second-order valence-corrected chi connectivity index (χ2v) is 5.35. The predicted molar refractivity (Wildman–Crippen MR) is 90.0 cm³/mol. The summed E-state index contributed by atoms with van der Waals surface area (Å²) in [5.41, 5.74) is 0. The number of methoxy groups -OCH3 is 1. The molecule has 21 heavy (non-hydrogen) atoms. The Bertz CT molecular complexity index is 320. The van der Waals surface area contributed by atoms with Crippen LogP contribution >= 0.6 is 0 Å². The molecule has 0 aliphatic rings. The van der Waals surface area contributed by atoms with Gasteiger partial charge in [0.2, 0.25) is 0 Å². The van der Waals surface area contributed by atoms with Crippen LogP contribution in [0.3, 0.4) is 0 Å². The number of carbonyl (C=O) groups excluding carboxylic acids is 1. The summed E-state index contributed by atoms with van der Waals surface area (Å²) in [6.45, 7) is 2.22. The van der Waals surface area contributed by atoms with Crippen LogP contribution < -0.4 is 0 Å². The van der Waals surface area contributed by atoms with Crippen molar-refractivity contribution in [3.8, 4) is 11.8 Å². The van der Waals surface area contributed by atoms with Gasteiger partial charge in [-0.05, 0) is 32.1 Å². The fourth-order valence-electron chi connectivity index (χ4n) is 2.02. The molecular formula is C19H32O2. The van der Waals surface area contributed by atoms with Gasteiger partial charge in [0.15, 0.2) is 0 Å². The van der Waals surface area contributed by atoms with E-state index in [-0.39, 0.29) is 5.97 Å². The highest BCUT2D eigenvalue weighted by Crippen LogP contribution is 2.07. The SMILES string of the molecule is CCCCCC#CCC/C=C\CCCCCCC(=O)OC. The van der Waals surface area contributed by atoms with Crippen molar-refractivity contribution >= 4 is 5.97 Å². The van der Waals surface area contributed by atoms with Crippen molar-refractivity contribution in [3.05, 3.63) is 12.2 Å². The van der Waals surface area contributed by atoms with E-state index in [2.05, 4.69) is 35.7 Å². The van der Waals surface area contributed by atoms with Crippen molar-refractivity contribution in [2.45, 2.75) is 84.0 Å². The second-order valence-electron chi connectivity index (χ2n) is 5.35. The zero-order valence-electron chi connectivity index (χ0n) is 14.0. The average Bonchev–Trinajstić information content (AvgIpc) is 2.50. The molecule has 120 valence electrons. The molecule has 0 aromatic rings. The van der Waals surface area contributed by atoms with Crippen molar-refractivity contribution in [3.63, 3.8) is 0 Å². The monoisotopic (exact) mass is 292 g/mol. The molecule has 0 unspecified atom stereocenters. The van der Waals surface area contributed by atoms with Gasteiger partial charge in [-0.3, -0.25) is 4.79 Å². The third kappa shape index (κ3) is 16.7. The number of rotatable bonds is 12. The van der Waals surface area contributed by atoms with E-state index in [1.165, 1.54) is 39.2 Å². The first kappa shape index (κ1) is 19.8. The van der Waals surface area contributed by atoms with Crippen molar-refractivity contribution in [2.24, 2.45) is 0 Å². The van der Waals surface area contributed by atoms with E-state index in [1.807, 2.05) is 0 Å². The van der Waals surface area contributed by atoms with Gasteiger partial charge in [-0.2, -0.15) is 0 Å². The largest absolute Gasteiger partial charge is 0.469 e. The number of carbonyl (C=O) groups is 1. The molecule has 0 N–H and O–H groups in total. The summed E-state index contributed by atoms with van der Waals surface area (Å²) in [6, 6.07) is 0. The minimum absolute atomic E-state index is 0.0919. The predicted octanol–water partition coefficient (Wildman–Crippen LogP) is 5.42. The first-order chi connectivity index (χ1) is 10.3. The Hall–Kier alpha value is -1.23. The highest BCUT2D eigenvalue weighted by atomic mass is 16.5. The van der Waals surface area contributed by atoms with Crippen molar-refractivity contribution in [1.29, 1.82) is 0 Å². The number of hydrogen-bond acceptors (Lipinski definition) is 2. The number of ether oxygens (including phenoxy) is 1. The molecule has 2 heteroatoms. The molecule has 0 rings (SSSR count). The third-order valence-electron chi connectivity index (χ3n) is 3.36. The van der Waals surface area contributed by atoms with Crippen LogP contribution in [0.4, 0.5) is 0 Å². The minimum atomic E-state index is -0.0919. The first-order valence-electron chi connectivity index (χ1n) is 8.48. The lowest BCUT2D eigenvalue weighted by Gasteiger charge is -1.99. The molecule has 0 bridgehead atoms. The molecule has 0 aromatic heterocycles. The van der Waals surface area contributed by atoms with E-state index in [1.54, 1.807) is 0 Å². The molecule has 0 radical (unpaired) electrons. The zero-order valence-corrected chi connectivity index (χ0v) is 14.0. The molecule has 0 spiro atoms. The van der Waals surface area contributed by atoms with Crippen LogP contribution in [0.15, 0.2) is 12.2 Å². The second kappa shape index (κ2) is 16.8. The maximum Gasteiger partial charge on any atom is 0.305 e. The van der Waals surface area contributed by atoms with E-state index in [0.29, 0.717) is 6.42 Å². The van der Waals surface area contributed by atoms with Gasteiger partial charge in [0.05, 0.1) is 7.11 Å². The molecule has 0 atom stereocenters. The topological polar surface area (TPSA) is 26.3 Å². The molecule has 0 saturated heterocycles. The summed E-state index contributed by atoms with van der Waals surface area (Å²) in [7, 11) is 1.45. The fraction of sp³-hybridized carbons (Fsp3) is 0.737. The van der Waals surface area contributed by atoms with Crippen LogP contribution in [0.2, 0.25) is 0 Å². The quantitative estimate of drug-likeness (QED) is 0.208. The summed E-state index contributed by atoms with van der Waals surface area (Å²) in [4.78, 5) is 10.9. The van der Waals surface area contributed by atoms with Crippen LogP contribution in [0.25, 0.3) is 0 Å². The number of allylic oxidation sites excluding steroid dienone is 2. The smallest absolute Gasteiger partial charge is 0.305 e. The van der Waals surface area contributed by atoms with E-state index in [9.17, 15) is 4.79 Å². The standard InChI is InChI=1S/C19H32O2/c1-3-4-5-6-7-8-9-10-11-12-13-14-15-16-17-18-19(20)21-2/h11-12H,3-6,9-10,13-18H2,1-2H3/b12-11-. The van der Waals surface area contributed by atoms with Gasteiger partial charge in [-0.15, -0.1) is 11.8 Å². The highest BCUT2D eigenvalue weighted by molar-refractivity contribution is 5.68. The maximum atomic E-state index is 10.9. The van der Waals surface area contributed by atoms with Crippen LogP contribution in [0, 0.1) is 11.8 Å². The first-order valence-corrected chi connectivity index (χ1v) is 8.48. The summed E-state index contributed by atoms with van der Waals surface area (Å²) in [5.74, 6) is 6.38. The summed E-state index contributed by atoms with van der Waals surface area (Å²) in [6.07, 6.45) is 17.6. The van der Waals surface area contributed by atoms with Gasteiger partial charge < -0.3 is 4.74 Å². The van der Waals surface area contributed by atoms with E-state index < -0.39 is 0 Å². The maximum absolute atomic E-state index is 10.9. The third-order valence-corrected chi connectivity index (χ3v) is 3.36. The lowest BCUT2D eigenvalue weighted by atomic mass is 10.1. The van der Waals surface area contributed by atoms with E-state index in [4.69, 9.17) is 0 Å². The molecule has 0 amide bonds. The van der Waals surface area contributed by atoms with Crippen molar-refractivity contribution in [1.82, 2.24) is 0 Å². The van der Waals surface area contributed by atoms with Crippen molar-refractivity contribution < 1.29 is 9.53 Å². The highest BCUT2D eigenvalue weighted by Gasteiger charge is 1.98. The van der Waals surface area contributed by atoms with Gasteiger partial charge in [0.25, 0.3) is 0 Å². The van der Waals surface area contributed by atoms with Crippen molar-refractivity contribution in [2.75, 3.05) is 7.11 Å².